The Morgan fingerprint density at radius 1 is 1.30 bits per heavy atom. The van der Waals surface area contributed by atoms with Gasteiger partial charge in [-0.25, -0.2) is 4.68 Å². The monoisotopic (exact) mass is 280 g/mol. The van der Waals surface area contributed by atoms with E-state index in [1.807, 2.05) is 52.7 Å². The Balaban J connectivity index is 1.72. The number of nitrogens with one attached hydrogen (secondary N) is 1. The highest BCUT2D eigenvalue weighted by atomic mass is 32.1. The molecule has 0 aliphatic rings. The molecule has 2 aromatic heterocycles. The van der Waals surface area contributed by atoms with Crippen LogP contribution in [0.25, 0.3) is 5.69 Å². The molecule has 0 radical (unpaired) electrons. The minimum atomic E-state index is 0.717. The Hall–Kier alpha value is -2.58. The van der Waals surface area contributed by atoms with Gasteiger partial charge in [-0.2, -0.15) is 10.4 Å². The Morgan fingerprint density at radius 3 is 3.00 bits per heavy atom. The summed E-state index contributed by atoms with van der Waals surface area (Å²) in [6.45, 7) is 0.717. The lowest BCUT2D eigenvalue weighted by Crippen LogP contribution is -1.99. The number of hydrogen-bond donors (Lipinski definition) is 1. The molecule has 0 bridgehead atoms. The summed E-state index contributed by atoms with van der Waals surface area (Å²) in [6.07, 6.45) is 3.67. The molecule has 0 aliphatic heterocycles. The fourth-order valence-corrected chi connectivity index (χ4v) is 2.65. The summed E-state index contributed by atoms with van der Waals surface area (Å²) in [4.78, 5) is 1.14. The highest BCUT2D eigenvalue weighted by Crippen LogP contribution is 2.18. The smallest absolute Gasteiger partial charge is 0.100 e. The highest BCUT2D eigenvalue weighted by molar-refractivity contribution is 7.10. The quantitative estimate of drug-likeness (QED) is 0.796. The SMILES string of the molecule is N#Cc1csc(CNc2cccc(-n3cccn3)c2)c1. The lowest BCUT2D eigenvalue weighted by Gasteiger charge is -2.07. The number of nitriles is 1. The summed E-state index contributed by atoms with van der Waals surface area (Å²) in [5.74, 6) is 0. The highest BCUT2D eigenvalue weighted by Gasteiger charge is 2.01. The third-order valence-corrected chi connectivity index (χ3v) is 3.80. The van der Waals surface area contributed by atoms with Gasteiger partial charge in [0.25, 0.3) is 0 Å². The molecule has 1 aromatic carbocycles. The van der Waals surface area contributed by atoms with Gasteiger partial charge in [-0.1, -0.05) is 6.07 Å². The number of benzene rings is 1. The lowest BCUT2D eigenvalue weighted by molar-refractivity contribution is 0.880. The molecule has 0 unspecified atom stereocenters. The van der Waals surface area contributed by atoms with Gasteiger partial charge in [0.05, 0.1) is 11.3 Å². The van der Waals surface area contributed by atoms with Crippen LogP contribution in [-0.4, -0.2) is 9.78 Å². The molecule has 3 aromatic rings. The summed E-state index contributed by atoms with van der Waals surface area (Å²) in [7, 11) is 0. The largest absolute Gasteiger partial charge is 0.380 e. The van der Waals surface area contributed by atoms with Crippen molar-refractivity contribution in [2.45, 2.75) is 6.54 Å². The molecule has 0 saturated carbocycles. The van der Waals surface area contributed by atoms with E-state index in [4.69, 9.17) is 5.26 Å². The number of rotatable bonds is 4. The molecule has 3 rings (SSSR count). The van der Waals surface area contributed by atoms with E-state index in [1.165, 1.54) is 0 Å². The molecule has 2 heterocycles. The van der Waals surface area contributed by atoms with Gasteiger partial charge in [-0.05, 0) is 30.3 Å². The first-order chi connectivity index (χ1) is 9.85. The first-order valence-electron chi connectivity index (χ1n) is 6.16. The van der Waals surface area contributed by atoms with Gasteiger partial charge in [-0.3, -0.25) is 0 Å². The second kappa shape index (κ2) is 5.59. The van der Waals surface area contributed by atoms with Gasteiger partial charge in [0.1, 0.15) is 6.07 Å². The molecule has 1 N–H and O–H groups in total. The van der Waals surface area contributed by atoms with E-state index in [1.54, 1.807) is 17.5 Å². The van der Waals surface area contributed by atoms with Crippen molar-refractivity contribution in [2.24, 2.45) is 0 Å². The molecule has 0 fully saturated rings. The van der Waals surface area contributed by atoms with Crippen LogP contribution < -0.4 is 5.32 Å². The Labute approximate surface area is 120 Å². The van der Waals surface area contributed by atoms with Crippen molar-refractivity contribution in [1.29, 1.82) is 5.26 Å². The van der Waals surface area contributed by atoms with Crippen LogP contribution in [0.1, 0.15) is 10.4 Å². The minimum Gasteiger partial charge on any atom is -0.380 e. The topological polar surface area (TPSA) is 53.6 Å². The Bertz CT molecular complexity index is 737. The van der Waals surface area contributed by atoms with Gasteiger partial charge < -0.3 is 5.32 Å². The van der Waals surface area contributed by atoms with Crippen molar-refractivity contribution in [3.05, 3.63) is 64.6 Å². The number of anilines is 1. The van der Waals surface area contributed by atoms with Gasteiger partial charge >= 0.3 is 0 Å². The van der Waals surface area contributed by atoms with Crippen molar-refractivity contribution in [3.8, 4) is 11.8 Å². The van der Waals surface area contributed by atoms with E-state index in [0.29, 0.717) is 0 Å². The van der Waals surface area contributed by atoms with E-state index >= 15 is 0 Å². The Kier molecular flexibility index (Phi) is 3.48. The predicted molar refractivity (Wildman–Crippen MR) is 79.9 cm³/mol. The number of hydrogen-bond acceptors (Lipinski definition) is 4. The summed E-state index contributed by atoms with van der Waals surface area (Å²) < 4.78 is 1.82. The molecular weight excluding hydrogens is 268 g/mol. The van der Waals surface area contributed by atoms with Gasteiger partial charge in [0.2, 0.25) is 0 Å². The molecule has 0 spiro atoms. The molecule has 4 nitrogen and oxygen atoms in total. The maximum absolute atomic E-state index is 8.80. The predicted octanol–water partition coefficient (Wildman–Crippen LogP) is 3.42. The molecule has 5 heteroatoms. The molecular formula is C15H12N4S. The van der Waals surface area contributed by atoms with Crippen molar-refractivity contribution in [3.63, 3.8) is 0 Å². The van der Waals surface area contributed by atoms with Crippen molar-refractivity contribution in [1.82, 2.24) is 9.78 Å². The van der Waals surface area contributed by atoms with E-state index in [2.05, 4.69) is 16.5 Å². The van der Waals surface area contributed by atoms with Crippen LogP contribution in [0.4, 0.5) is 5.69 Å². The fraction of sp³-hybridized carbons (Fsp3) is 0.0667. The normalized spacial score (nSPS) is 10.2. The van der Waals surface area contributed by atoms with Crippen LogP contribution in [0.15, 0.2) is 54.2 Å². The van der Waals surface area contributed by atoms with E-state index < -0.39 is 0 Å². The molecule has 98 valence electrons. The minimum absolute atomic E-state index is 0.717. The van der Waals surface area contributed by atoms with E-state index in [9.17, 15) is 0 Å². The maximum Gasteiger partial charge on any atom is 0.100 e. The Morgan fingerprint density at radius 2 is 2.25 bits per heavy atom. The van der Waals surface area contributed by atoms with Gasteiger partial charge in [0.15, 0.2) is 0 Å². The maximum atomic E-state index is 8.80. The zero-order valence-electron chi connectivity index (χ0n) is 10.7. The van der Waals surface area contributed by atoms with Crippen LogP contribution in [0.5, 0.6) is 0 Å². The first kappa shape index (κ1) is 12.5. The summed E-state index contributed by atoms with van der Waals surface area (Å²) >= 11 is 1.59. The van der Waals surface area contributed by atoms with Gasteiger partial charge in [0, 0.05) is 34.9 Å². The van der Waals surface area contributed by atoms with Crippen molar-refractivity contribution in [2.75, 3.05) is 5.32 Å². The van der Waals surface area contributed by atoms with Crippen molar-refractivity contribution < 1.29 is 0 Å². The second-order valence-corrected chi connectivity index (χ2v) is 5.26. The number of nitrogens with zero attached hydrogens (tertiary/aromatic N) is 3. The average Bonchev–Trinajstić information content (AvgIpc) is 3.17. The number of thiophene rings is 1. The zero-order valence-corrected chi connectivity index (χ0v) is 11.5. The zero-order chi connectivity index (χ0) is 13.8. The van der Waals surface area contributed by atoms with Gasteiger partial charge in [-0.15, -0.1) is 11.3 Å². The first-order valence-corrected chi connectivity index (χ1v) is 7.04. The van der Waals surface area contributed by atoms with Crippen LogP contribution >= 0.6 is 11.3 Å². The van der Waals surface area contributed by atoms with E-state index in [-0.39, 0.29) is 0 Å². The lowest BCUT2D eigenvalue weighted by atomic mass is 10.2. The van der Waals surface area contributed by atoms with Crippen LogP contribution in [0.2, 0.25) is 0 Å². The summed E-state index contributed by atoms with van der Waals surface area (Å²) in [5.41, 5.74) is 2.77. The van der Waals surface area contributed by atoms with Crippen LogP contribution in [0.3, 0.4) is 0 Å². The third-order valence-electron chi connectivity index (χ3n) is 2.86. The molecule has 20 heavy (non-hydrogen) atoms. The summed E-state index contributed by atoms with van der Waals surface area (Å²) in [5, 5.41) is 18.3. The number of aromatic nitrogens is 2. The molecule has 0 saturated heterocycles. The van der Waals surface area contributed by atoms with E-state index in [0.717, 1.165) is 28.4 Å². The molecule has 0 amide bonds. The second-order valence-electron chi connectivity index (χ2n) is 4.27. The average molecular weight is 280 g/mol. The van der Waals surface area contributed by atoms with Crippen molar-refractivity contribution >= 4 is 17.0 Å². The standard InChI is InChI=1S/C15H12N4S/c16-9-12-7-15(20-11-12)10-17-13-3-1-4-14(8-13)19-6-2-5-18-19/h1-8,11,17H,10H2. The van der Waals surface area contributed by atoms with Crippen LogP contribution in [-0.2, 0) is 6.54 Å². The molecule has 0 atom stereocenters. The third kappa shape index (κ3) is 2.71. The van der Waals surface area contributed by atoms with Crippen LogP contribution in [0, 0.1) is 11.3 Å². The fourth-order valence-electron chi connectivity index (χ4n) is 1.90. The molecule has 0 aliphatic carbocycles. The summed E-state index contributed by atoms with van der Waals surface area (Å²) in [6, 6.07) is 14.0.